The van der Waals surface area contributed by atoms with Gasteiger partial charge in [0.25, 0.3) is 0 Å². The number of rotatable bonds is 12. The third-order valence-electron chi connectivity index (χ3n) is 7.04. The van der Waals surface area contributed by atoms with E-state index in [1.807, 2.05) is 30.3 Å². The van der Waals surface area contributed by atoms with E-state index in [1.165, 1.54) is 90.9 Å². The molecule has 1 N–H and O–H groups in total. The molecule has 274 valence electrons. The summed E-state index contributed by atoms with van der Waals surface area (Å²) in [7, 11) is -4.17. The Morgan fingerprint density at radius 2 is 1.11 bits per heavy atom. The van der Waals surface area contributed by atoms with Gasteiger partial charge in [-0.3, -0.25) is 0 Å². The molecule has 0 unspecified atom stereocenters. The minimum atomic E-state index is -3.86. The number of anilines is 2. The molecule has 0 spiro atoms. The highest BCUT2D eigenvalue weighted by Crippen LogP contribution is 2.21. The first-order chi connectivity index (χ1) is 25.7. The predicted octanol–water partition coefficient (Wildman–Crippen LogP) is 3.30. The van der Waals surface area contributed by atoms with Gasteiger partial charge >= 0.3 is 20.4 Å². The lowest BCUT2D eigenvalue weighted by Crippen LogP contribution is -2.35. The summed E-state index contributed by atoms with van der Waals surface area (Å²) in [6.45, 7) is 0.850. The van der Waals surface area contributed by atoms with Crippen LogP contribution in [0.5, 0.6) is 11.5 Å². The van der Waals surface area contributed by atoms with Gasteiger partial charge in [-0.25, -0.2) is 51.1 Å². The van der Waals surface area contributed by atoms with Crippen molar-refractivity contribution < 1.29 is 26.3 Å². The van der Waals surface area contributed by atoms with E-state index in [4.69, 9.17) is 9.47 Å². The van der Waals surface area contributed by atoms with Gasteiger partial charge in [-0.1, -0.05) is 24.3 Å². The summed E-state index contributed by atoms with van der Waals surface area (Å²) in [5.41, 5.74) is 1.97. The zero-order valence-corrected chi connectivity index (χ0v) is 30.0. The molecule has 7 aromatic rings. The van der Waals surface area contributed by atoms with Gasteiger partial charge in [0.2, 0.25) is 0 Å². The monoisotopic (exact) mass is 758 g/mol. The minimum Gasteiger partial charge on any atom is -0.497 e. The van der Waals surface area contributed by atoms with Crippen LogP contribution in [-0.4, -0.2) is 77.9 Å². The first kappa shape index (κ1) is 37.6. The standard InChI is InChI=1S/C15H15N5O3S.C12H13N3O.C6H6N4O2S/c1-23-14-4-2-13(3-5-14)10-20(15-6-7-16-11-18-15)24(21,22)19-9-8-17-12-19;1-16-11-4-2-10(3-5-11)8-14-12-6-7-13-9-15-12;11-13(12,9-3-1-7-5-9)10-4-2-8-6-10/h2-9,11-12H,10H2,1H3;2-7,9H,8H2,1H3,(H,13,14,15);1-6H. The maximum absolute atomic E-state index is 12.9. The van der Waals surface area contributed by atoms with Crippen molar-refractivity contribution in [3.05, 3.63) is 153 Å². The van der Waals surface area contributed by atoms with Gasteiger partial charge < -0.3 is 14.8 Å². The summed E-state index contributed by atoms with van der Waals surface area (Å²) in [6.07, 6.45) is 18.0. The Kier molecular flexibility index (Phi) is 12.8. The van der Waals surface area contributed by atoms with Gasteiger partial charge in [0.05, 0.1) is 20.8 Å². The number of methoxy groups -OCH3 is 2. The Morgan fingerprint density at radius 3 is 1.57 bits per heavy atom. The lowest BCUT2D eigenvalue weighted by Gasteiger charge is -2.23. The average Bonchev–Trinajstić information content (AvgIpc) is 4.03. The van der Waals surface area contributed by atoms with Crippen LogP contribution < -0.4 is 19.1 Å². The zero-order valence-electron chi connectivity index (χ0n) is 28.4. The van der Waals surface area contributed by atoms with E-state index in [-0.39, 0.29) is 12.4 Å². The fourth-order valence-electron chi connectivity index (χ4n) is 4.31. The van der Waals surface area contributed by atoms with E-state index in [1.54, 1.807) is 44.7 Å². The number of ether oxygens (including phenoxy) is 2. The summed E-state index contributed by atoms with van der Waals surface area (Å²) in [5.74, 6) is 2.66. The van der Waals surface area contributed by atoms with E-state index in [0.717, 1.165) is 35.6 Å². The van der Waals surface area contributed by atoms with Crippen molar-refractivity contribution >= 4 is 32.1 Å². The lowest BCUT2D eigenvalue weighted by atomic mass is 10.2. The molecule has 0 aliphatic carbocycles. The van der Waals surface area contributed by atoms with Gasteiger partial charge in [0, 0.05) is 62.2 Å². The number of aromatic nitrogens is 10. The third-order valence-corrected chi connectivity index (χ3v) is 10.2. The van der Waals surface area contributed by atoms with Crippen molar-refractivity contribution in [2.45, 2.75) is 13.1 Å². The lowest BCUT2D eigenvalue weighted by molar-refractivity contribution is 0.414. The van der Waals surface area contributed by atoms with Gasteiger partial charge in [-0.2, -0.15) is 16.8 Å². The maximum Gasteiger partial charge on any atom is 0.335 e. The quantitative estimate of drug-likeness (QED) is 0.190. The van der Waals surface area contributed by atoms with Crippen LogP contribution in [-0.2, 0) is 33.5 Å². The molecule has 0 fully saturated rings. The molecule has 2 aromatic carbocycles. The summed E-state index contributed by atoms with van der Waals surface area (Å²) >= 11 is 0. The van der Waals surface area contributed by atoms with E-state index in [0.29, 0.717) is 5.75 Å². The Hall–Kier alpha value is -6.67. The molecule has 18 nitrogen and oxygen atoms in total. The van der Waals surface area contributed by atoms with Crippen LogP contribution in [0.15, 0.2) is 142 Å². The van der Waals surface area contributed by atoms with Crippen LogP contribution in [0, 0.1) is 0 Å². The number of hydrogen-bond donors (Lipinski definition) is 1. The van der Waals surface area contributed by atoms with Gasteiger partial charge in [0.15, 0.2) is 0 Å². The first-order valence-electron chi connectivity index (χ1n) is 15.5. The van der Waals surface area contributed by atoms with Crippen molar-refractivity contribution in [2.24, 2.45) is 0 Å². The Balaban J connectivity index is 0.000000162. The second-order valence-electron chi connectivity index (χ2n) is 10.4. The van der Waals surface area contributed by atoms with Gasteiger partial charge in [0.1, 0.15) is 54.8 Å². The van der Waals surface area contributed by atoms with Crippen LogP contribution in [0.4, 0.5) is 11.6 Å². The SMILES string of the molecule is COc1ccc(CN(c2ccncn2)S(=O)(=O)n2ccnc2)cc1.COc1ccc(CNc2ccncn2)cc1.O=S(=O)(n1ccnc1)n1ccnc1. The summed E-state index contributed by atoms with van der Waals surface area (Å²) in [4.78, 5) is 26.9. The molecule has 0 aliphatic heterocycles. The average molecular weight is 759 g/mol. The molecule has 20 heteroatoms. The van der Waals surface area contributed by atoms with E-state index >= 15 is 0 Å². The van der Waals surface area contributed by atoms with Crippen LogP contribution in [0.1, 0.15) is 11.1 Å². The van der Waals surface area contributed by atoms with Gasteiger partial charge in [-0.15, -0.1) is 0 Å². The van der Waals surface area contributed by atoms with Crippen LogP contribution in [0.25, 0.3) is 0 Å². The van der Waals surface area contributed by atoms with Crippen molar-refractivity contribution in [3.8, 4) is 11.5 Å². The number of imidazole rings is 3. The van der Waals surface area contributed by atoms with Crippen molar-refractivity contribution in [3.63, 3.8) is 0 Å². The molecule has 0 bridgehead atoms. The molecule has 7 rings (SSSR count). The molecule has 0 saturated carbocycles. The Labute approximate surface area is 305 Å². The summed E-state index contributed by atoms with van der Waals surface area (Å²) < 4.78 is 63.4. The molecule has 0 saturated heterocycles. The highest BCUT2D eigenvalue weighted by Gasteiger charge is 2.25. The van der Waals surface area contributed by atoms with Crippen LogP contribution in [0.3, 0.4) is 0 Å². The molecule has 0 amide bonds. The normalized spacial score (nSPS) is 10.9. The predicted molar refractivity (Wildman–Crippen MR) is 194 cm³/mol. The molecular weight excluding hydrogens is 725 g/mol. The van der Waals surface area contributed by atoms with Crippen molar-refractivity contribution in [1.29, 1.82) is 0 Å². The van der Waals surface area contributed by atoms with E-state index in [2.05, 4.69) is 40.2 Å². The largest absolute Gasteiger partial charge is 0.497 e. The minimum absolute atomic E-state index is 0.113. The fraction of sp³-hybridized carbons (Fsp3) is 0.121. The Morgan fingerprint density at radius 1 is 0.604 bits per heavy atom. The molecule has 5 aromatic heterocycles. The molecular formula is C33H34N12O6S2. The molecule has 0 atom stereocenters. The Bertz CT molecular complexity index is 2260. The second-order valence-corrected chi connectivity index (χ2v) is 13.9. The van der Waals surface area contributed by atoms with Crippen molar-refractivity contribution in [2.75, 3.05) is 23.8 Å². The van der Waals surface area contributed by atoms with Gasteiger partial charge in [-0.05, 0) is 41.5 Å². The molecule has 53 heavy (non-hydrogen) atoms. The molecule has 0 aliphatic rings. The maximum atomic E-state index is 12.9. The van der Waals surface area contributed by atoms with E-state index in [9.17, 15) is 16.8 Å². The number of hydrogen-bond acceptors (Lipinski definition) is 14. The first-order valence-corrected chi connectivity index (χ1v) is 18.2. The van der Waals surface area contributed by atoms with E-state index < -0.39 is 20.4 Å². The highest BCUT2D eigenvalue weighted by atomic mass is 32.2. The smallest absolute Gasteiger partial charge is 0.335 e. The topological polar surface area (TPSA) is 207 Å². The van der Waals surface area contributed by atoms with Crippen LogP contribution >= 0.6 is 0 Å². The highest BCUT2D eigenvalue weighted by molar-refractivity contribution is 7.91. The van der Waals surface area contributed by atoms with Crippen molar-refractivity contribution in [1.82, 2.24) is 46.8 Å². The zero-order chi connectivity index (χ0) is 37.5. The fourth-order valence-corrected chi connectivity index (χ4v) is 6.56. The number of benzene rings is 2. The number of nitrogens with zero attached hydrogens (tertiary/aromatic N) is 11. The second kappa shape index (κ2) is 18.0. The summed E-state index contributed by atoms with van der Waals surface area (Å²) in [5, 5.41) is 3.21. The molecule has 0 radical (unpaired) electrons. The van der Waals surface area contributed by atoms with Crippen LogP contribution in [0.2, 0.25) is 0 Å². The third kappa shape index (κ3) is 10.2. The number of nitrogens with one attached hydrogen (secondary N) is 1. The summed E-state index contributed by atoms with van der Waals surface area (Å²) in [6, 6.07) is 18.5. The molecule has 5 heterocycles.